The van der Waals surface area contributed by atoms with E-state index in [1.165, 1.54) is 28.1 Å². The Bertz CT molecular complexity index is 1140. The van der Waals surface area contributed by atoms with Gasteiger partial charge in [-0.15, -0.1) is 0 Å². The van der Waals surface area contributed by atoms with Gasteiger partial charge in [0.1, 0.15) is 0 Å². The Labute approximate surface area is 217 Å². The largest absolute Gasteiger partial charge is 0.493 e. The zero-order valence-electron chi connectivity index (χ0n) is 21.3. The summed E-state index contributed by atoms with van der Waals surface area (Å²) in [5.41, 5.74) is 6.86. The van der Waals surface area contributed by atoms with Crippen LogP contribution in [0.4, 0.5) is 11.4 Å². The molecule has 0 fully saturated rings. The number of carbonyl (C=O) groups is 2. The molecular formula is C29H34N2O6. The normalized spacial score (nSPS) is 11.8. The molecule has 0 aliphatic carbocycles. The molecule has 0 radical (unpaired) electrons. The number of anilines is 2. The molecule has 0 bridgehead atoms. The van der Waals surface area contributed by atoms with Crippen molar-refractivity contribution in [2.24, 2.45) is 0 Å². The van der Waals surface area contributed by atoms with E-state index >= 15 is 0 Å². The molecule has 196 valence electrons. The van der Waals surface area contributed by atoms with E-state index in [0.29, 0.717) is 0 Å². The Hall–Kier alpha value is -4.04. The van der Waals surface area contributed by atoms with Gasteiger partial charge in [0.25, 0.3) is 0 Å². The molecule has 0 saturated carbocycles. The lowest BCUT2D eigenvalue weighted by Gasteiger charge is -2.27. The highest BCUT2D eigenvalue weighted by atomic mass is 16.5. The smallest absolute Gasteiger partial charge is 0.414 e. The summed E-state index contributed by atoms with van der Waals surface area (Å²) in [7, 11) is 3.35. The van der Waals surface area contributed by atoms with Crippen LogP contribution in [-0.2, 0) is 28.9 Å². The van der Waals surface area contributed by atoms with Gasteiger partial charge in [-0.05, 0) is 79.7 Å². The van der Waals surface area contributed by atoms with E-state index in [1.807, 2.05) is 6.07 Å². The lowest BCUT2D eigenvalue weighted by molar-refractivity contribution is -0.159. The zero-order valence-corrected chi connectivity index (χ0v) is 21.3. The Kier molecular flexibility index (Phi) is 10.3. The number of benzene rings is 3. The zero-order chi connectivity index (χ0) is 26.6. The van der Waals surface area contributed by atoms with Crippen molar-refractivity contribution in [3.8, 4) is 11.5 Å². The first-order valence-corrected chi connectivity index (χ1v) is 12.3. The van der Waals surface area contributed by atoms with Crippen LogP contribution < -0.4 is 19.7 Å². The van der Waals surface area contributed by atoms with Crippen LogP contribution in [-0.4, -0.2) is 56.0 Å². The van der Waals surface area contributed by atoms with Crippen molar-refractivity contribution >= 4 is 23.3 Å². The molecule has 0 saturated heterocycles. The second-order valence-corrected chi connectivity index (χ2v) is 8.56. The number of carboxylic acid groups (broad SMARTS) is 2. The van der Waals surface area contributed by atoms with Gasteiger partial charge in [-0.2, -0.15) is 0 Å². The molecule has 0 spiro atoms. The molecule has 3 aromatic carbocycles. The van der Waals surface area contributed by atoms with E-state index in [0.717, 1.165) is 56.8 Å². The lowest BCUT2D eigenvalue weighted by atomic mass is 10.0. The first-order valence-electron chi connectivity index (χ1n) is 12.3. The Morgan fingerprint density at radius 2 is 1.38 bits per heavy atom. The minimum atomic E-state index is -1.82. The van der Waals surface area contributed by atoms with Gasteiger partial charge >= 0.3 is 11.9 Å². The summed E-state index contributed by atoms with van der Waals surface area (Å²) in [6, 6.07) is 23.8. The number of nitrogens with one attached hydrogen (secondary N) is 1. The van der Waals surface area contributed by atoms with E-state index in [1.54, 1.807) is 14.2 Å². The first-order chi connectivity index (χ1) is 17.9. The van der Waals surface area contributed by atoms with Crippen LogP contribution in [0.3, 0.4) is 0 Å². The van der Waals surface area contributed by atoms with Gasteiger partial charge in [0.2, 0.25) is 0 Å². The third kappa shape index (κ3) is 7.72. The third-order valence-corrected chi connectivity index (χ3v) is 6.19. The number of rotatable bonds is 9. The van der Waals surface area contributed by atoms with E-state index in [-0.39, 0.29) is 0 Å². The molecule has 0 aromatic heterocycles. The topological polar surface area (TPSA) is 108 Å². The molecule has 1 aliphatic heterocycles. The van der Waals surface area contributed by atoms with Gasteiger partial charge in [-0.3, -0.25) is 0 Å². The summed E-state index contributed by atoms with van der Waals surface area (Å²) in [6.45, 7) is 2.95. The predicted octanol–water partition coefficient (Wildman–Crippen LogP) is 4.32. The number of para-hydroxylation sites is 2. The summed E-state index contributed by atoms with van der Waals surface area (Å²) < 4.78 is 10.7. The monoisotopic (exact) mass is 506 g/mol. The molecule has 0 amide bonds. The highest BCUT2D eigenvalue weighted by Crippen LogP contribution is 2.35. The van der Waals surface area contributed by atoms with Crippen molar-refractivity contribution in [2.45, 2.75) is 25.7 Å². The van der Waals surface area contributed by atoms with Gasteiger partial charge in [-0.25, -0.2) is 9.59 Å². The number of hydrogen-bond acceptors (Lipinski definition) is 6. The Morgan fingerprint density at radius 1 is 0.811 bits per heavy atom. The van der Waals surface area contributed by atoms with Gasteiger partial charge in [0, 0.05) is 17.9 Å². The minimum absolute atomic E-state index is 0.775. The second-order valence-electron chi connectivity index (χ2n) is 8.56. The number of carboxylic acids is 2. The minimum Gasteiger partial charge on any atom is -0.493 e. The summed E-state index contributed by atoms with van der Waals surface area (Å²) in [6.07, 6.45) is 4.27. The molecule has 0 unspecified atom stereocenters. The fourth-order valence-electron chi connectivity index (χ4n) is 4.37. The van der Waals surface area contributed by atoms with Crippen LogP contribution in [0.2, 0.25) is 0 Å². The average molecular weight is 507 g/mol. The van der Waals surface area contributed by atoms with Crippen molar-refractivity contribution in [2.75, 3.05) is 38.8 Å². The summed E-state index contributed by atoms with van der Waals surface area (Å²) in [5.74, 6) is -2.08. The third-order valence-electron chi connectivity index (χ3n) is 6.19. The number of ether oxygens (including phenoxy) is 2. The van der Waals surface area contributed by atoms with Crippen molar-refractivity contribution in [3.05, 3.63) is 83.4 Å². The van der Waals surface area contributed by atoms with Gasteiger partial charge < -0.3 is 29.9 Å². The molecule has 8 nitrogen and oxygen atoms in total. The molecule has 0 atom stereocenters. The van der Waals surface area contributed by atoms with Crippen molar-refractivity contribution < 1.29 is 29.3 Å². The predicted molar refractivity (Wildman–Crippen MR) is 143 cm³/mol. The van der Waals surface area contributed by atoms with Crippen molar-refractivity contribution in [1.82, 2.24) is 5.32 Å². The molecule has 1 heterocycles. The van der Waals surface area contributed by atoms with Crippen molar-refractivity contribution in [3.63, 3.8) is 0 Å². The molecule has 1 aliphatic rings. The molecule has 3 aromatic rings. The van der Waals surface area contributed by atoms with Crippen LogP contribution >= 0.6 is 0 Å². The maximum Gasteiger partial charge on any atom is 0.414 e. The molecule has 37 heavy (non-hydrogen) atoms. The summed E-state index contributed by atoms with van der Waals surface area (Å²) in [4.78, 5) is 20.7. The maximum atomic E-state index is 9.10. The van der Waals surface area contributed by atoms with Crippen LogP contribution in [0.5, 0.6) is 11.5 Å². The van der Waals surface area contributed by atoms with Crippen LogP contribution in [0.15, 0.2) is 66.7 Å². The lowest BCUT2D eigenvalue weighted by Crippen LogP contribution is -2.25. The SMILES string of the molecule is COc1ccc(CCNCCCN2c3ccccc3CCc3ccccc32)cc1OC.O=C(O)C(=O)O. The van der Waals surface area contributed by atoms with Crippen LogP contribution in [0, 0.1) is 0 Å². The van der Waals surface area contributed by atoms with Gasteiger partial charge in [0.15, 0.2) is 11.5 Å². The molecule has 8 heteroatoms. The summed E-state index contributed by atoms with van der Waals surface area (Å²) in [5, 5.41) is 18.4. The number of aliphatic carboxylic acids is 2. The number of nitrogens with zero attached hydrogens (tertiary/aromatic N) is 1. The van der Waals surface area contributed by atoms with E-state index in [2.05, 4.69) is 70.9 Å². The molecule has 4 rings (SSSR count). The van der Waals surface area contributed by atoms with Gasteiger partial charge in [-0.1, -0.05) is 42.5 Å². The molecule has 3 N–H and O–H groups in total. The first kappa shape index (κ1) is 27.5. The Morgan fingerprint density at radius 3 is 1.92 bits per heavy atom. The average Bonchev–Trinajstić information content (AvgIpc) is 3.07. The highest BCUT2D eigenvalue weighted by molar-refractivity contribution is 6.27. The van der Waals surface area contributed by atoms with Crippen LogP contribution in [0.25, 0.3) is 0 Å². The standard InChI is InChI=1S/C27H32N2O2.C2H2O4/c1-30-26-15-12-21(20-27(26)31-2)16-18-28-17-7-19-29-24-10-5-3-8-22(24)13-14-23-9-4-6-11-25(23)29;3-1(4)2(5)6/h3-6,8-12,15,20,28H,7,13-14,16-19H2,1-2H3;(H,3,4)(H,5,6). The second kappa shape index (κ2) is 13.9. The fraction of sp³-hybridized carbons (Fsp3) is 0.310. The number of methoxy groups -OCH3 is 2. The quantitative estimate of drug-likeness (QED) is 0.291. The van der Waals surface area contributed by atoms with E-state index in [9.17, 15) is 0 Å². The van der Waals surface area contributed by atoms with Crippen molar-refractivity contribution in [1.29, 1.82) is 0 Å². The van der Waals surface area contributed by atoms with E-state index < -0.39 is 11.9 Å². The fourth-order valence-corrected chi connectivity index (χ4v) is 4.37. The Balaban J connectivity index is 0.000000568. The van der Waals surface area contributed by atoms with E-state index in [4.69, 9.17) is 29.3 Å². The summed E-state index contributed by atoms with van der Waals surface area (Å²) >= 11 is 0. The number of aryl methyl sites for hydroxylation is 2. The number of hydrogen-bond donors (Lipinski definition) is 3. The molecular weight excluding hydrogens is 472 g/mol. The van der Waals surface area contributed by atoms with Crippen LogP contribution in [0.1, 0.15) is 23.1 Å². The highest BCUT2D eigenvalue weighted by Gasteiger charge is 2.19. The number of fused-ring (bicyclic) bond motifs is 2. The van der Waals surface area contributed by atoms with Gasteiger partial charge in [0.05, 0.1) is 14.2 Å². The maximum absolute atomic E-state index is 9.10.